The van der Waals surface area contributed by atoms with Crippen LogP contribution in [0.2, 0.25) is 0 Å². The van der Waals surface area contributed by atoms with Gasteiger partial charge in [-0.25, -0.2) is 4.98 Å². The van der Waals surface area contributed by atoms with E-state index in [1.54, 1.807) is 0 Å². The van der Waals surface area contributed by atoms with Crippen LogP contribution < -0.4 is 0 Å². The van der Waals surface area contributed by atoms with Crippen molar-refractivity contribution in [3.8, 4) is 0 Å². The summed E-state index contributed by atoms with van der Waals surface area (Å²) in [5.74, 6) is 2.40. The van der Waals surface area contributed by atoms with Crippen LogP contribution in [0.15, 0.2) is 24.3 Å². The quantitative estimate of drug-likeness (QED) is 0.897. The molecule has 0 bridgehead atoms. The van der Waals surface area contributed by atoms with Gasteiger partial charge in [0, 0.05) is 25.4 Å². The van der Waals surface area contributed by atoms with Gasteiger partial charge in [0.15, 0.2) is 5.82 Å². The van der Waals surface area contributed by atoms with Crippen LogP contribution in [-0.4, -0.2) is 39.1 Å². The molecule has 1 unspecified atom stereocenters. The number of likely N-dealkylation sites (tertiary alicyclic amines) is 1. The molecule has 2 aromatic rings. The van der Waals surface area contributed by atoms with Crippen LogP contribution >= 0.6 is 0 Å². The number of nitrogens with zero attached hydrogens (tertiary/aromatic N) is 3. The third-order valence-electron chi connectivity index (χ3n) is 6.30. The van der Waals surface area contributed by atoms with Crippen LogP contribution in [0, 0.1) is 12.3 Å². The number of aromatic amines is 1. The van der Waals surface area contributed by atoms with E-state index >= 15 is 0 Å². The molecule has 1 aromatic heterocycles. The summed E-state index contributed by atoms with van der Waals surface area (Å²) in [5.41, 5.74) is 2.52. The Morgan fingerprint density at radius 3 is 2.85 bits per heavy atom. The Balaban J connectivity index is 1.51. The molecule has 1 spiro atoms. The molecule has 2 aliphatic rings. The summed E-state index contributed by atoms with van der Waals surface area (Å²) in [6.07, 6.45) is 6.11. The monoisotopic (exact) mass is 352 g/mol. The molecule has 0 radical (unpaired) electrons. The van der Waals surface area contributed by atoms with Gasteiger partial charge >= 0.3 is 0 Å². The van der Waals surface area contributed by atoms with E-state index in [1.807, 2.05) is 12.1 Å². The molecule has 1 amide bonds. The van der Waals surface area contributed by atoms with E-state index in [0.717, 1.165) is 43.1 Å². The molecule has 5 nitrogen and oxygen atoms in total. The summed E-state index contributed by atoms with van der Waals surface area (Å²) >= 11 is 0. The molecule has 138 valence electrons. The molecule has 4 rings (SSSR count). The molecule has 1 atom stereocenters. The number of amides is 1. The zero-order valence-corrected chi connectivity index (χ0v) is 15.8. The average Bonchev–Trinajstić information content (AvgIpc) is 3.21. The van der Waals surface area contributed by atoms with E-state index < -0.39 is 0 Å². The van der Waals surface area contributed by atoms with Crippen LogP contribution in [0.4, 0.5) is 0 Å². The number of hydrogen-bond acceptors (Lipinski definition) is 3. The van der Waals surface area contributed by atoms with Gasteiger partial charge in [-0.1, -0.05) is 37.6 Å². The Morgan fingerprint density at radius 1 is 1.35 bits per heavy atom. The van der Waals surface area contributed by atoms with Crippen molar-refractivity contribution >= 4 is 5.91 Å². The van der Waals surface area contributed by atoms with Gasteiger partial charge in [0.2, 0.25) is 5.91 Å². The molecule has 26 heavy (non-hydrogen) atoms. The Morgan fingerprint density at radius 2 is 2.15 bits per heavy atom. The summed E-state index contributed by atoms with van der Waals surface area (Å²) in [7, 11) is 0. The number of carbonyl (C=O) groups is 1. The van der Waals surface area contributed by atoms with Gasteiger partial charge < -0.3 is 4.90 Å². The topological polar surface area (TPSA) is 61.9 Å². The lowest BCUT2D eigenvalue weighted by atomic mass is 9.62. The van der Waals surface area contributed by atoms with E-state index in [1.165, 1.54) is 24.8 Å². The van der Waals surface area contributed by atoms with Crippen LogP contribution in [0.3, 0.4) is 0 Å². The lowest BCUT2D eigenvalue weighted by molar-refractivity contribution is -0.130. The first-order valence-electron chi connectivity index (χ1n) is 9.85. The largest absolute Gasteiger partial charge is 0.341 e. The number of hydrogen-bond donors (Lipinski definition) is 1. The predicted molar refractivity (Wildman–Crippen MR) is 101 cm³/mol. The van der Waals surface area contributed by atoms with Crippen molar-refractivity contribution in [3.05, 3.63) is 47.0 Å². The molecular formula is C21H28N4O. The van der Waals surface area contributed by atoms with Crippen LogP contribution in [0.1, 0.15) is 61.3 Å². The molecule has 5 heteroatoms. The highest BCUT2D eigenvalue weighted by Crippen LogP contribution is 2.55. The molecule has 1 aromatic carbocycles. The maximum Gasteiger partial charge on any atom is 0.227 e. The summed E-state index contributed by atoms with van der Waals surface area (Å²) in [4.78, 5) is 19.8. The molecule has 1 aliphatic heterocycles. The highest BCUT2D eigenvalue weighted by Gasteiger charge is 2.53. The lowest BCUT2D eigenvalue weighted by Gasteiger charge is -2.41. The van der Waals surface area contributed by atoms with E-state index in [4.69, 9.17) is 4.98 Å². The van der Waals surface area contributed by atoms with Gasteiger partial charge in [-0.15, -0.1) is 0 Å². The molecule has 1 saturated heterocycles. The maximum absolute atomic E-state index is 13.0. The zero-order valence-electron chi connectivity index (χ0n) is 15.8. The predicted octanol–water partition coefficient (Wildman–Crippen LogP) is 3.40. The smallest absolute Gasteiger partial charge is 0.227 e. The highest BCUT2D eigenvalue weighted by atomic mass is 16.2. The molecule has 1 saturated carbocycles. The second-order valence-corrected chi connectivity index (χ2v) is 8.04. The number of aryl methyl sites for hydroxylation is 2. The fourth-order valence-corrected chi connectivity index (χ4v) is 4.55. The van der Waals surface area contributed by atoms with E-state index in [-0.39, 0.29) is 17.2 Å². The van der Waals surface area contributed by atoms with Crippen molar-refractivity contribution in [2.45, 2.75) is 58.3 Å². The number of benzene rings is 1. The minimum atomic E-state index is 0.201. The molecule has 2 fully saturated rings. The van der Waals surface area contributed by atoms with Crippen molar-refractivity contribution in [3.63, 3.8) is 0 Å². The summed E-state index contributed by atoms with van der Waals surface area (Å²) in [5, 5.41) is 7.61. The summed E-state index contributed by atoms with van der Waals surface area (Å²) in [6, 6.07) is 8.17. The zero-order chi connectivity index (χ0) is 18.1. The van der Waals surface area contributed by atoms with Gasteiger partial charge in [-0.2, -0.15) is 5.10 Å². The van der Waals surface area contributed by atoms with E-state index in [2.05, 4.69) is 41.1 Å². The second-order valence-electron chi connectivity index (χ2n) is 8.04. The first kappa shape index (κ1) is 17.3. The first-order chi connectivity index (χ1) is 12.6. The fourth-order valence-electron chi connectivity index (χ4n) is 4.55. The minimum absolute atomic E-state index is 0.201. The summed E-state index contributed by atoms with van der Waals surface area (Å²) < 4.78 is 0. The normalized spacial score (nSPS) is 21.2. The third-order valence-corrected chi connectivity index (χ3v) is 6.30. The van der Waals surface area contributed by atoms with Crippen LogP contribution in [0.5, 0.6) is 0 Å². The van der Waals surface area contributed by atoms with E-state index in [0.29, 0.717) is 6.42 Å². The van der Waals surface area contributed by atoms with Crippen molar-refractivity contribution in [1.82, 2.24) is 20.1 Å². The highest BCUT2D eigenvalue weighted by molar-refractivity contribution is 5.79. The Hall–Kier alpha value is -2.17. The third kappa shape index (κ3) is 3.04. The Bertz CT molecular complexity index is 793. The van der Waals surface area contributed by atoms with Gasteiger partial charge in [0.1, 0.15) is 5.82 Å². The average molecular weight is 352 g/mol. The lowest BCUT2D eigenvalue weighted by Crippen LogP contribution is -2.38. The minimum Gasteiger partial charge on any atom is -0.341 e. The van der Waals surface area contributed by atoms with Gasteiger partial charge in [-0.3, -0.25) is 9.89 Å². The van der Waals surface area contributed by atoms with Crippen molar-refractivity contribution < 1.29 is 4.79 Å². The standard InChI is InChI=1S/C21H28N4O/c1-3-7-18-22-20(24-23-18)17-13-25(14-21(17)10-6-11-21)19(26)12-16-9-5-4-8-15(16)2/h4-5,8-9,17H,3,6-7,10-14H2,1-2H3,(H,22,23,24). The molecular weight excluding hydrogens is 324 g/mol. The summed E-state index contributed by atoms with van der Waals surface area (Å²) in [6.45, 7) is 5.84. The molecule has 2 heterocycles. The Labute approximate surface area is 155 Å². The molecule has 1 N–H and O–H groups in total. The number of nitrogens with one attached hydrogen (secondary N) is 1. The van der Waals surface area contributed by atoms with Gasteiger partial charge in [0.25, 0.3) is 0 Å². The number of H-pyrrole nitrogens is 1. The maximum atomic E-state index is 13.0. The van der Waals surface area contributed by atoms with Crippen molar-refractivity contribution in [2.24, 2.45) is 5.41 Å². The van der Waals surface area contributed by atoms with Gasteiger partial charge in [-0.05, 0) is 42.7 Å². The molecule has 1 aliphatic carbocycles. The van der Waals surface area contributed by atoms with E-state index in [9.17, 15) is 4.79 Å². The van der Waals surface area contributed by atoms with Crippen molar-refractivity contribution in [1.29, 1.82) is 0 Å². The van der Waals surface area contributed by atoms with Gasteiger partial charge in [0.05, 0.1) is 6.42 Å². The number of aromatic nitrogens is 3. The van der Waals surface area contributed by atoms with Crippen molar-refractivity contribution in [2.75, 3.05) is 13.1 Å². The van der Waals surface area contributed by atoms with Crippen LogP contribution in [0.25, 0.3) is 0 Å². The number of rotatable bonds is 5. The first-order valence-corrected chi connectivity index (χ1v) is 9.85. The Kier molecular flexibility index (Phi) is 4.55. The SMILES string of the molecule is CCCc1nc(C2CN(C(=O)Cc3ccccc3C)CC23CCC3)n[nH]1. The fraction of sp³-hybridized carbons (Fsp3) is 0.571. The second kappa shape index (κ2) is 6.86. The van der Waals surface area contributed by atoms with Crippen LogP contribution in [-0.2, 0) is 17.6 Å². The number of carbonyl (C=O) groups excluding carboxylic acids is 1.